The molecule has 94 valence electrons. The number of Topliss-reactive ketones (excluding diaryl/α,β-unsaturated/α-hetero) is 1. The van der Waals surface area contributed by atoms with Crippen molar-refractivity contribution in [3.63, 3.8) is 0 Å². The summed E-state index contributed by atoms with van der Waals surface area (Å²) < 4.78 is -0.228. The number of likely N-dealkylation sites (N-methyl/N-ethyl adjacent to an activating group) is 1. The lowest BCUT2D eigenvalue weighted by atomic mass is 10.0. The van der Waals surface area contributed by atoms with E-state index in [0.29, 0.717) is 5.75 Å². The summed E-state index contributed by atoms with van der Waals surface area (Å²) >= 11 is 0. The van der Waals surface area contributed by atoms with Crippen LogP contribution in [-0.2, 0) is 9.59 Å². The van der Waals surface area contributed by atoms with Gasteiger partial charge in [0.2, 0.25) is 0 Å². The Morgan fingerprint density at radius 1 is 1.56 bits per heavy atom. The molecule has 0 aliphatic rings. The Bertz CT molecular complexity index is 247. The Labute approximate surface area is 105 Å². The van der Waals surface area contributed by atoms with Crippen molar-refractivity contribution in [2.75, 3.05) is 12.8 Å². The lowest BCUT2D eigenvalue weighted by Crippen LogP contribution is -2.47. The zero-order valence-electron chi connectivity index (χ0n) is 10.1. The first-order valence-corrected chi connectivity index (χ1v) is 7.36. The molecule has 0 aromatic carbocycles. The van der Waals surface area contributed by atoms with E-state index in [0.717, 1.165) is 6.29 Å². The van der Waals surface area contributed by atoms with Crippen LogP contribution < -0.4 is 11.1 Å². The predicted octanol–water partition coefficient (Wildman–Crippen LogP) is 0.850. The number of hydrogen-bond acceptors (Lipinski definition) is 6. The van der Waals surface area contributed by atoms with Crippen molar-refractivity contribution < 1.29 is 9.59 Å². The summed E-state index contributed by atoms with van der Waals surface area (Å²) in [6.07, 6.45) is 0.737. The smallest absolute Gasteiger partial charge is 0.148 e. The summed E-state index contributed by atoms with van der Waals surface area (Å²) in [5.41, 5.74) is 5.49. The first kappa shape index (κ1) is 16.0. The quantitative estimate of drug-likeness (QED) is 0.500. The van der Waals surface area contributed by atoms with Gasteiger partial charge in [-0.2, -0.15) is 0 Å². The highest BCUT2D eigenvalue weighted by Gasteiger charge is 2.32. The molecule has 0 amide bonds. The molecule has 0 saturated carbocycles. The molecular weight excluding hydrogens is 244 g/mol. The first-order chi connectivity index (χ1) is 7.35. The molecule has 6 heteroatoms. The summed E-state index contributed by atoms with van der Waals surface area (Å²) in [7, 11) is 4.87. The van der Waals surface area contributed by atoms with Crippen LogP contribution in [0.25, 0.3) is 0 Å². The number of nitrogens with one attached hydrogen (secondary N) is 1. The monoisotopic (exact) mass is 264 g/mol. The third kappa shape index (κ3) is 5.34. The van der Waals surface area contributed by atoms with Gasteiger partial charge in [-0.05, 0) is 27.8 Å². The molecule has 0 spiro atoms. The van der Waals surface area contributed by atoms with E-state index in [1.165, 1.54) is 10.8 Å². The summed E-state index contributed by atoms with van der Waals surface area (Å²) in [5, 5.41) is 3.01. The van der Waals surface area contributed by atoms with E-state index in [2.05, 4.69) is 5.32 Å². The molecule has 0 radical (unpaired) electrons. The van der Waals surface area contributed by atoms with E-state index in [1.807, 2.05) is 13.8 Å². The van der Waals surface area contributed by atoms with Gasteiger partial charge in [0.05, 0.1) is 12.1 Å². The lowest BCUT2D eigenvalue weighted by Gasteiger charge is -2.31. The van der Waals surface area contributed by atoms with Crippen LogP contribution >= 0.6 is 21.6 Å². The highest BCUT2D eigenvalue weighted by atomic mass is 33.1. The second kappa shape index (κ2) is 7.32. The third-order valence-electron chi connectivity index (χ3n) is 2.10. The predicted molar refractivity (Wildman–Crippen MR) is 71.7 cm³/mol. The van der Waals surface area contributed by atoms with Crippen molar-refractivity contribution in [1.82, 2.24) is 5.32 Å². The zero-order valence-corrected chi connectivity index (χ0v) is 11.8. The maximum Gasteiger partial charge on any atom is 0.148 e. The highest BCUT2D eigenvalue weighted by Crippen LogP contribution is 2.38. The zero-order chi connectivity index (χ0) is 12.8. The van der Waals surface area contributed by atoms with Gasteiger partial charge in [0.15, 0.2) is 0 Å². The van der Waals surface area contributed by atoms with Crippen LogP contribution in [0.2, 0.25) is 0 Å². The Hall–Kier alpha value is -0.0400. The van der Waals surface area contributed by atoms with E-state index in [1.54, 1.807) is 24.8 Å². The van der Waals surface area contributed by atoms with Gasteiger partial charge in [-0.25, -0.2) is 0 Å². The third-order valence-corrected chi connectivity index (χ3v) is 5.45. The molecule has 0 heterocycles. The van der Waals surface area contributed by atoms with E-state index >= 15 is 0 Å². The van der Waals surface area contributed by atoms with Crippen molar-refractivity contribution in [2.24, 2.45) is 5.73 Å². The molecule has 3 N–H and O–H groups in total. The molecule has 0 aromatic rings. The maximum absolute atomic E-state index is 11.4. The molecule has 16 heavy (non-hydrogen) atoms. The minimum atomic E-state index is -0.432. The Morgan fingerprint density at radius 3 is 2.50 bits per heavy atom. The van der Waals surface area contributed by atoms with Gasteiger partial charge in [0.25, 0.3) is 0 Å². The second-order valence-electron chi connectivity index (χ2n) is 4.10. The van der Waals surface area contributed by atoms with Crippen LogP contribution in [0.1, 0.15) is 20.8 Å². The van der Waals surface area contributed by atoms with Gasteiger partial charge >= 0.3 is 0 Å². The number of aldehydes is 1. The van der Waals surface area contributed by atoms with Gasteiger partial charge in [0, 0.05) is 10.5 Å². The number of nitrogens with two attached hydrogens (primary N) is 1. The highest BCUT2D eigenvalue weighted by molar-refractivity contribution is 8.77. The van der Waals surface area contributed by atoms with Crippen molar-refractivity contribution >= 4 is 33.7 Å². The largest absolute Gasteiger partial charge is 0.321 e. The van der Waals surface area contributed by atoms with Crippen molar-refractivity contribution in [1.29, 1.82) is 0 Å². The van der Waals surface area contributed by atoms with Crippen LogP contribution in [0.5, 0.6) is 0 Å². The Morgan fingerprint density at radius 2 is 2.12 bits per heavy atom. The molecule has 4 nitrogen and oxygen atoms in total. The topological polar surface area (TPSA) is 72.2 Å². The first-order valence-electron chi connectivity index (χ1n) is 5.04. The van der Waals surface area contributed by atoms with Gasteiger partial charge in [0.1, 0.15) is 12.1 Å². The van der Waals surface area contributed by atoms with Gasteiger partial charge < -0.3 is 15.8 Å². The van der Waals surface area contributed by atoms with Crippen molar-refractivity contribution in [2.45, 2.75) is 37.6 Å². The number of carbonyl (C=O) groups is 2. The van der Waals surface area contributed by atoms with E-state index in [9.17, 15) is 9.59 Å². The van der Waals surface area contributed by atoms with E-state index < -0.39 is 6.04 Å². The molecule has 0 aromatic heterocycles. The SMILES string of the molecule is CNC(C(C)=O)C(C)(C)SSC[C@H](N)C=O. The molecule has 0 aliphatic carbocycles. The molecule has 0 bridgehead atoms. The summed E-state index contributed by atoms with van der Waals surface area (Å²) in [6.45, 7) is 5.57. The van der Waals surface area contributed by atoms with Crippen LogP contribution in [0.15, 0.2) is 0 Å². The second-order valence-corrected chi connectivity index (χ2v) is 7.10. The minimum Gasteiger partial charge on any atom is -0.321 e. The maximum atomic E-state index is 11.4. The van der Waals surface area contributed by atoms with Gasteiger partial charge in [-0.1, -0.05) is 21.6 Å². The fourth-order valence-corrected chi connectivity index (χ4v) is 4.26. The van der Waals surface area contributed by atoms with Crippen LogP contribution in [0, 0.1) is 0 Å². The normalized spacial score (nSPS) is 15.6. The fourth-order valence-electron chi connectivity index (χ4n) is 1.39. The molecule has 2 atom stereocenters. The van der Waals surface area contributed by atoms with E-state index in [4.69, 9.17) is 5.73 Å². The Kier molecular flexibility index (Phi) is 7.30. The van der Waals surface area contributed by atoms with Gasteiger partial charge in [-0.3, -0.25) is 4.79 Å². The van der Waals surface area contributed by atoms with Crippen LogP contribution in [0.3, 0.4) is 0 Å². The number of carbonyl (C=O) groups excluding carboxylic acids is 2. The van der Waals surface area contributed by atoms with Crippen molar-refractivity contribution in [3.8, 4) is 0 Å². The van der Waals surface area contributed by atoms with Crippen LogP contribution in [-0.4, -0.2) is 41.7 Å². The lowest BCUT2D eigenvalue weighted by molar-refractivity contribution is -0.119. The number of rotatable bonds is 8. The number of ketones is 1. The van der Waals surface area contributed by atoms with E-state index in [-0.39, 0.29) is 16.6 Å². The van der Waals surface area contributed by atoms with Gasteiger partial charge in [-0.15, -0.1) is 0 Å². The summed E-state index contributed by atoms with van der Waals surface area (Å²) in [6, 6.07) is -0.629. The summed E-state index contributed by atoms with van der Waals surface area (Å²) in [4.78, 5) is 21.8. The average molecular weight is 264 g/mol. The fraction of sp³-hybridized carbons (Fsp3) is 0.800. The van der Waals surface area contributed by atoms with Crippen LogP contribution in [0.4, 0.5) is 0 Å². The minimum absolute atomic E-state index is 0.111. The van der Waals surface area contributed by atoms with Crippen molar-refractivity contribution in [3.05, 3.63) is 0 Å². The molecule has 0 fully saturated rings. The molecule has 0 rings (SSSR count). The molecule has 0 aliphatic heterocycles. The summed E-state index contributed by atoms with van der Waals surface area (Å²) in [5.74, 6) is 0.673. The Balaban J connectivity index is 4.21. The average Bonchev–Trinajstić information content (AvgIpc) is 2.16. The molecular formula is C10H20N2O2S2. The number of hydrogen-bond donors (Lipinski definition) is 2. The molecule has 1 unspecified atom stereocenters. The standard InChI is InChI=1S/C10H20N2O2S2/c1-7(14)9(12-4)10(2,3)16-15-6-8(11)5-13/h5,8-9,12H,6,11H2,1-4H3/t8-,9?/m1/s1. The molecule has 0 saturated heterocycles.